The van der Waals surface area contributed by atoms with Gasteiger partial charge in [0.15, 0.2) is 5.82 Å². The van der Waals surface area contributed by atoms with Gasteiger partial charge in [0.2, 0.25) is 11.8 Å². The molecule has 3 aromatic rings. The number of rotatable bonds is 7. The van der Waals surface area contributed by atoms with Crippen LogP contribution in [0.25, 0.3) is 0 Å². The summed E-state index contributed by atoms with van der Waals surface area (Å²) in [6.45, 7) is 0. The van der Waals surface area contributed by atoms with E-state index in [4.69, 9.17) is 40.1 Å². The monoisotopic (exact) mass is 662 g/mol. The molecule has 1 fully saturated rings. The molecule has 3 N–H and O–H groups in total. The summed E-state index contributed by atoms with van der Waals surface area (Å²) in [5.74, 6) is -9.28. The van der Waals surface area contributed by atoms with Crippen molar-refractivity contribution in [3.63, 3.8) is 0 Å². The Balaban J connectivity index is 1.52. The Bertz CT molecular complexity index is 1690. The van der Waals surface area contributed by atoms with E-state index < -0.39 is 80.9 Å². The minimum atomic E-state index is -5.00. The van der Waals surface area contributed by atoms with Crippen molar-refractivity contribution in [2.45, 2.75) is 22.8 Å². The molecule has 16 heteroatoms. The van der Waals surface area contributed by atoms with Crippen LogP contribution >= 0.6 is 34.8 Å². The summed E-state index contributed by atoms with van der Waals surface area (Å²) in [6.07, 6.45) is -5.68. The number of hydrogen-bond acceptors (Lipinski definition) is 4. The third kappa shape index (κ3) is 6.66. The van der Waals surface area contributed by atoms with Gasteiger partial charge in [0.05, 0.1) is 33.8 Å². The third-order valence-corrected chi connectivity index (χ3v) is 7.58. The zero-order valence-electron chi connectivity index (χ0n) is 21.1. The first-order chi connectivity index (χ1) is 20.1. The summed E-state index contributed by atoms with van der Waals surface area (Å²) in [4.78, 5) is 37.5. The molecule has 0 unspecified atom stereocenters. The van der Waals surface area contributed by atoms with Gasteiger partial charge in [0.25, 0.3) is 5.91 Å². The van der Waals surface area contributed by atoms with E-state index >= 15 is 0 Å². The Morgan fingerprint density at radius 3 is 2.26 bits per heavy atom. The number of alkyl halides is 5. The van der Waals surface area contributed by atoms with Crippen molar-refractivity contribution in [3.05, 3.63) is 87.7 Å². The normalized spacial score (nSPS) is 17.0. The molecule has 0 saturated heterocycles. The first-order valence-corrected chi connectivity index (χ1v) is 13.0. The number of anilines is 3. The summed E-state index contributed by atoms with van der Waals surface area (Å²) >= 11 is 18.5. The predicted octanol–water partition coefficient (Wildman–Crippen LogP) is 7.41. The van der Waals surface area contributed by atoms with Crippen molar-refractivity contribution >= 4 is 69.6 Å². The lowest BCUT2D eigenvalue weighted by Crippen LogP contribution is -2.19. The van der Waals surface area contributed by atoms with E-state index in [1.54, 1.807) is 0 Å². The molecule has 4 rings (SSSR count). The average molecular weight is 664 g/mol. The highest BCUT2D eigenvalue weighted by Gasteiger charge is 2.67. The maximum Gasteiger partial charge on any atom is 0.419 e. The summed E-state index contributed by atoms with van der Waals surface area (Å²) in [7, 11) is 0. The number of nitrogens with one attached hydrogen (secondary N) is 3. The Hall–Kier alpha value is -3.99. The van der Waals surface area contributed by atoms with E-state index in [-0.39, 0.29) is 21.8 Å². The van der Waals surface area contributed by atoms with Gasteiger partial charge in [-0.05, 0) is 48.0 Å². The Morgan fingerprint density at radius 1 is 0.930 bits per heavy atom. The quantitative estimate of drug-likeness (QED) is 0.181. The molecule has 1 aliphatic carbocycles. The van der Waals surface area contributed by atoms with Gasteiger partial charge in [-0.25, -0.2) is 13.2 Å². The van der Waals surface area contributed by atoms with Crippen molar-refractivity contribution in [2.75, 3.05) is 16.0 Å². The largest absolute Gasteiger partial charge is 0.419 e. The molecule has 0 radical (unpaired) electrons. The van der Waals surface area contributed by atoms with Gasteiger partial charge in [-0.15, -0.1) is 23.2 Å². The van der Waals surface area contributed by atoms with Gasteiger partial charge in [-0.3, -0.25) is 14.4 Å². The zero-order chi connectivity index (χ0) is 31.9. The number of hydrogen-bond donors (Lipinski definition) is 3. The predicted molar refractivity (Wildman–Crippen MR) is 145 cm³/mol. The van der Waals surface area contributed by atoms with Gasteiger partial charge in [-0.1, -0.05) is 17.7 Å². The van der Waals surface area contributed by atoms with Crippen LogP contribution in [-0.4, -0.2) is 22.1 Å². The van der Waals surface area contributed by atoms with Crippen molar-refractivity contribution < 1.29 is 40.7 Å². The molecule has 1 aliphatic rings. The maximum absolute atomic E-state index is 14.9. The number of nitriles is 1. The van der Waals surface area contributed by atoms with Gasteiger partial charge in [0, 0.05) is 11.6 Å². The van der Waals surface area contributed by atoms with E-state index in [2.05, 4.69) is 10.6 Å². The van der Waals surface area contributed by atoms with Crippen LogP contribution in [0.15, 0.2) is 48.5 Å². The summed E-state index contributed by atoms with van der Waals surface area (Å²) in [6, 6.07) is 8.86. The first kappa shape index (κ1) is 31.9. The minimum Gasteiger partial charge on any atom is -0.326 e. The molecule has 3 aromatic carbocycles. The highest BCUT2D eigenvalue weighted by atomic mass is 35.5. The number of amides is 3. The first-order valence-electron chi connectivity index (χ1n) is 11.9. The molecule has 0 aliphatic heterocycles. The number of carbonyl (C=O) groups is 3. The van der Waals surface area contributed by atoms with Crippen molar-refractivity contribution in [1.82, 2.24) is 0 Å². The summed E-state index contributed by atoms with van der Waals surface area (Å²) < 4.78 is 80.3. The second-order valence-corrected chi connectivity index (χ2v) is 11.0. The molecule has 224 valence electrons. The SMILES string of the molecule is N#CCC(=O)Nc1c(F)ccc(NC(=O)c2cc(NC(=O)[C@H]3[C@H](c4ccc(F)c(C(F)(F)F)c4)C3(Cl)Cl)ccc2Cl)c1F. The fourth-order valence-electron chi connectivity index (χ4n) is 4.23. The van der Waals surface area contributed by atoms with E-state index in [1.807, 2.05) is 5.32 Å². The van der Waals surface area contributed by atoms with E-state index in [0.717, 1.165) is 24.3 Å². The smallest absolute Gasteiger partial charge is 0.326 e. The molecule has 1 saturated carbocycles. The third-order valence-electron chi connectivity index (χ3n) is 6.31. The molecule has 3 amide bonds. The van der Waals surface area contributed by atoms with Crippen LogP contribution in [0.5, 0.6) is 0 Å². The fourth-order valence-corrected chi connectivity index (χ4v) is 5.26. The summed E-state index contributed by atoms with van der Waals surface area (Å²) in [5, 5.41) is 14.9. The Labute approximate surface area is 253 Å². The second-order valence-electron chi connectivity index (χ2n) is 9.17. The van der Waals surface area contributed by atoms with Crippen LogP contribution in [0, 0.1) is 34.7 Å². The van der Waals surface area contributed by atoms with E-state index in [0.29, 0.717) is 12.1 Å². The van der Waals surface area contributed by atoms with Gasteiger partial charge in [0.1, 0.15) is 28.1 Å². The topological polar surface area (TPSA) is 111 Å². The summed E-state index contributed by atoms with van der Waals surface area (Å²) in [5.41, 5.74) is -3.47. The van der Waals surface area contributed by atoms with Crippen molar-refractivity contribution in [1.29, 1.82) is 5.26 Å². The van der Waals surface area contributed by atoms with Gasteiger partial charge < -0.3 is 16.0 Å². The average Bonchev–Trinajstić information content (AvgIpc) is 3.50. The Morgan fingerprint density at radius 2 is 1.60 bits per heavy atom. The molecule has 7 nitrogen and oxygen atoms in total. The molecule has 43 heavy (non-hydrogen) atoms. The van der Waals surface area contributed by atoms with Crippen LogP contribution in [-0.2, 0) is 15.8 Å². The molecule has 0 spiro atoms. The lowest BCUT2D eigenvalue weighted by molar-refractivity contribution is -0.140. The standard InChI is InChI=1S/C27H15Cl3F6N4O3/c28-15-3-2-12(10-13(15)24(42)39-18-6-5-17(32)23(22(18)33)40-19(41)7-8-37)38-25(43)21-20(26(21,29)30)11-1-4-16(31)14(9-11)27(34,35)36/h1-6,9-10,20-21H,7H2,(H,38,43)(H,39,42)(H,40,41)/t20-,21+/m0/s1. The fraction of sp³-hybridized carbons (Fsp3) is 0.185. The number of benzene rings is 3. The molecular weight excluding hydrogens is 649 g/mol. The van der Waals surface area contributed by atoms with Gasteiger partial charge >= 0.3 is 6.18 Å². The van der Waals surface area contributed by atoms with Gasteiger partial charge in [-0.2, -0.15) is 18.4 Å². The highest BCUT2D eigenvalue weighted by Crippen LogP contribution is 2.65. The van der Waals surface area contributed by atoms with Crippen molar-refractivity contribution in [3.8, 4) is 6.07 Å². The Kier molecular flexibility index (Phi) is 8.87. The van der Waals surface area contributed by atoms with Crippen LogP contribution < -0.4 is 16.0 Å². The number of halogens is 9. The molecule has 0 bridgehead atoms. The van der Waals surface area contributed by atoms with Crippen LogP contribution in [0.1, 0.15) is 33.8 Å². The molecule has 2 atom stereocenters. The van der Waals surface area contributed by atoms with Crippen molar-refractivity contribution in [2.24, 2.45) is 5.92 Å². The minimum absolute atomic E-state index is 0.0338. The van der Waals surface area contributed by atoms with E-state index in [1.165, 1.54) is 18.2 Å². The highest BCUT2D eigenvalue weighted by molar-refractivity contribution is 6.53. The van der Waals surface area contributed by atoms with Crippen LogP contribution in [0.4, 0.5) is 43.4 Å². The number of nitrogens with zero attached hydrogens (tertiary/aromatic N) is 1. The van der Waals surface area contributed by atoms with Crippen LogP contribution in [0.3, 0.4) is 0 Å². The molecular formula is C27H15Cl3F6N4O3. The van der Waals surface area contributed by atoms with Crippen LogP contribution in [0.2, 0.25) is 5.02 Å². The lowest BCUT2D eigenvalue weighted by atomic mass is 10.0. The lowest BCUT2D eigenvalue weighted by Gasteiger charge is -2.13. The zero-order valence-corrected chi connectivity index (χ0v) is 23.3. The maximum atomic E-state index is 14.9. The van der Waals surface area contributed by atoms with E-state index in [9.17, 15) is 40.7 Å². The second kappa shape index (κ2) is 11.9. The number of carbonyl (C=O) groups excluding carboxylic acids is 3. The molecule has 0 aromatic heterocycles. The molecule has 0 heterocycles.